The molecule has 13 heteroatoms. The number of aryl methyl sites for hydroxylation is 3. The molecule has 1 aliphatic carbocycles. The SMILES string of the molecule is Cc1cnc(Nc2cc(C)c(S(N)(=O)=O)c(C)c2)nc1-c1ccc(CNS(=O)(=O)NC2CC2)cc1.N. The molecule has 0 radical (unpaired) electrons. The lowest BCUT2D eigenvalue weighted by Gasteiger charge is -2.13. The molecule has 0 atom stereocenters. The zero-order valence-electron chi connectivity index (χ0n) is 20.4. The first-order valence-electron chi connectivity index (χ1n) is 11.0. The third kappa shape index (κ3) is 6.84. The molecule has 0 amide bonds. The highest BCUT2D eigenvalue weighted by atomic mass is 32.2. The first kappa shape index (κ1) is 27.6. The number of nitrogens with one attached hydrogen (secondary N) is 3. The van der Waals surface area contributed by atoms with E-state index in [-0.39, 0.29) is 23.6 Å². The maximum Gasteiger partial charge on any atom is 0.277 e. The molecule has 3 aromatic rings. The predicted octanol–water partition coefficient (Wildman–Crippen LogP) is 2.71. The minimum atomic E-state index is -3.82. The summed E-state index contributed by atoms with van der Waals surface area (Å²) in [6.45, 7) is 5.46. The molecule has 1 aromatic heterocycles. The molecule has 36 heavy (non-hydrogen) atoms. The number of hydrogen-bond acceptors (Lipinski definition) is 8. The zero-order valence-corrected chi connectivity index (χ0v) is 22.0. The summed E-state index contributed by atoms with van der Waals surface area (Å²) in [5.74, 6) is 0.357. The van der Waals surface area contributed by atoms with E-state index in [1.165, 1.54) is 0 Å². The van der Waals surface area contributed by atoms with Crippen molar-refractivity contribution in [1.82, 2.24) is 25.6 Å². The summed E-state index contributed by atoms with van der Waals surface area (Å²) in [6.07, 6.45) is 3.46. The van der Waals surface area contributed by atoms with Crippen LogP contribution in [0.4, 0.5) is 11.6 Å². The van der Waals surface area contributed by atoms with Gasteiger partial charge < -0.3 is 11.5 Å². The van der Waals surface area contributed by atoms with E-state index in [1.54, 1.807) is 32.2 Å². The van der Waals surface area contributed by atoms with Gasteiger partial charge in [0.1, 0.15) is 0 Å². The number of nitrogens with two attached hydrogens (primary N) is 1. The van der Waals surface area contributed by atoms with Crippen molar-refractivity contribution in [3.05, 3.63) is 64.8 Å². The number of anilines is 2. The molecule has 11 nitrogen and oxygen atoms in total. The number of nitrogens with zero attached hydrogens (tertiary/aromatic N) is 2. The van der Waals surface area contributed by atoms with Gasteiger partial charge in [-0.15, -0.1) is 0 Å². The molecule has 0 unspecified atom stereocenters. The number of primary sulfonamides is 1. The molecule has 4 rings (SSSR count). The van der Waals surface area contributed by atoms with Crippen molar-refractivity contribution in [2.24, 2.45) is 5.14 Å². The first-order valence-corrected chi connectivity index (χ1v) is 14.1. The molecular weight excluding hydrogens is 502 g/mol. The van der Waals surface area contributed by atoms with Crippen LogP contribution in [0.15, 0.2) is 47.5 Å². The van der Waals surface area contributed by atoms with Crippen molar-refractivity contribution in [3.8, 4) is 11.3 Å². The van der Waals surface area contributed by atoms with Crippen LogP contribution in [0.2, 0.25) is 0 Å². The predicted molar refractivity (Wildman–Crippen MR) is 140 cm³/mol. The van der Waals surface area contributed by atoms with Crippen molar-refractivity contribution >= 4 is 31.9 Å². The lowest BCUT2D eigenvalue weighted by Crippen LogP contribution is -2.37. The minimum absolute atomic E-state index is 0. The van der Waals surface area contributed by atoms with E-state index in [0.717, 1.165) is 35.2 Å². The molecule has 1 aliphatic rings. The molecular formula is C23H31N7O4S2. The summed E-state index contributed by atoms with van der Waals surface area (Å²) in [6, 6.07) is 10.9. The first-order chi connectivity index (χ1) is 16.4. The lowest BCUT2D eigenvalue weighted by atomic mass is 10.1. The Labute approximate surface area is 211 Å². The number of hydrogen-bond donors (Lipinski definition) is 5. The second-order valence-electron chi connectivity index (χ2n) is 8.75. The quantitative estimate of drug-likeness (QED) is 0.277. The fourth-order valence-electron chi connectivity index (χ4n) is 3.82. The highest BCUT2D eigenvalue weighted by molar-refractivity contribution is 7.89. The second kappa shape index (κ2) is 10.6. The van der Waals surface area contributed by atoms with Crippen LogP contribution in [0.1, 0.15) is 35.1 Å². The second-order valence-corrected chi connectivity index (χ2v) is 11.8. The normalized spacial score (nSPS) is 13.8. The molecule has 194 valence electrons. The Balaban J connectivity index is 0.00000361. The van der Waals surface area contributed by atoms with Gasteiger partial charge in [-0.25, -0.2) is 23.5 Å². The Morgan fingerprint density at radius 2 is 1.58 bits per heavy atom. The Bertz CT molecular complexity index is 1450. The van der Waals surface area contributed by atoms with Gasteiger partial charge in [0.2, 0.25) is 16.0 Å². The van der Waals surface area contributed by atoms with Gasteiger partial charge in [-0.3, -0.25) is 0 Å². The van der Waals surface area contributed by atoms with Gasteiger partial charge in [0, 0.05) is 30.0 Å². The van der Waals surface area contributed by atoms with Crippen molar-refractivity contribution in [3.63, 3.8) is 0 Å². The minimum Gasteiger partial charge on any atom is -0.344 e. The molecule has 0 bridgehead atoms. The largest absolute Gasteiger partial charge is 0.344 e. The summed E-state index contributed by atoms with van der Waals surface area (Å²) in [7, 11) is -7.33. The molecule has 1 heterocycles. The maximum absolute atomic E-state index is 12.0. The summed E-state index contributed by atoms with van der Waals surface area (Å²) in [5.41, 5.74) is 4.97. The van der Waals surface area contributed by atoms with Crippen molar-refractivity contribution in [2.75, 3.05) is 5.32 Å². The average molecular weight is 534 g/mol. The summed E-state index contributed by atoms with van der Waals surface area (Å²) >= 11 is 0. The Morgan fingerprint density at radius 1 is 0.972 bits per heavy atom. The van der Waals surface area contributed by atoms with E-state index in [4.69, 9.17) is 5.14 Å². The van der Waals surface area contributed by atoms with Crippen LogP contribution < -0.4 is 26.1 Å². The van der Waals surface area contributed by atoms with Crippen molar-refractivity contribution < 1.29 is 16.8 Å². The van der Waals surface area contributed by atoms with Gasteiger partial charge in [0.25, 0.3) is 10.2 Å². The van der Waals surface area contributed by atoms with Crippen LogP contribution in [0.5, 0.6) is 0 Å². The fourth-order valence-corrected chi connectivity index (χ4v) is 5.95. The van der Waals surface area contributed by atoms with Crippen LogP contribution in [-0.2, 0) is 26.8 Å². The number of benzene rings is 2. The van der Waals surface area contributed by atoms with Gasteiger partial charge in [-0.1, -0.05) is 24.3 Å². The highest BCUT2D eigenvalue weighted by Crippen LogP contribution is 2.27. The molecule has 0 aliphatic heterocycles. The Morgan fingerprint density at radius 3 is 2.14 bits per heavy atom. The van der Waals surface area contributed by atoms with E-state index in [2.05, 4.69) is 24.7 Å². The molecule has 1 fully saturated rings. The third-order valence-corrected chi connectivity index (χ3v) is 7.95. The van der Waals surface area contributed by atoms with Crippen LogP contribution in [-0.4, -0.2) is 32.8 Å². The van der Waals surface area contributed by atoms with Crippen molar-refractivity contribution in [2.45, 2.75) is 51.1 Å². The van der Waals surface area contributed by atoms with Gasteiger partial charge in [0.05, 0.1) is 10.6 Å². The van der Waals surface area contributed by atoms with E-state index < -0.39 is 20.2 Å². The maximum atomic E-state index is 12.0. The van der Waals surface area contributed by atoms with Gasteiger partial charge >= 0.3 is 0 Å². The van der Waals surface area contributed by atoms with Gasteiger partial charge in [0.15, 0.2) is 0 Å². The number of rotatable bonds is 9. The molecule has 8 N–H and O–H groups in total. The number of sulfonamides is 1. The average Bonchev–Trinajstić information content (AvgIpc) is 3.56. The topological polar surface area (TPSA) is 191 Å². The van der Waals surface area contributed by atoms with E-state index >= 15 is 0 Å². The van der Waals surface area contributed by atoms with Gasteiger partial charge in [-0.2, -0.15) is 17.9 Å². The molecule has 0 saturated heterocycles. The monoisotopic (exact) mass is 533 g/mol. The Hall–Kier alpha value is -2.94. The van der Waals surface area contributed by atoms with Crippen LogP contribution in [0, 0.1) is 20.8 Å². The molecule has 0 spiro atoms. The summed E-state index contributed by atoms with van der Waals surface area (Å²) in [4.78, 5) is 9.09. The lowest BCUT2D eigenvalue weighted by molar-refractivity contribution is 0.565. The standard InChI is InChI=1S/C23H28N6O4S2.H3N/c1-14-10-20(11-15(2)22(14)34(24,30)31)27-23-25-12-16(3)21(28-23)18-6-4-17(5-7-18)13-26-35(32,33)29-19-8-9-19;/h4-7,10-12,19,26,29H,8-9,13H2,1-3H3,(H2,24,30,31)(H,25,27,28);1H3. The molecule has 1 saturated carbocycles. The summed E-state index contributed by atoms with van der Waals surface area (Å²) < 4.78 is 52.8. The van der Waals surface area contributed by atoms with Gasteiger partial charge in [-0.05, 0) is 68.0 Å². The smallest absolute Gasteiger partial charge is 0.277 e. The van der Waals surface area contributed by atoms with Crippen molar-refractivity contribution in [1.29, 1.82) is 0 Å². The van der Waals surface area contributed by atoms with Crippen LogP contribution >= 0.6 is 0 Å². The van der Waals surface area contributed by atoms with E-state index in [0.29, 0.717) is 22.8 Å². The number of aromatic nitrogens is 2. The third-order valence-electron chi connectivity index (χ3n) is 5.57. The Kier molecular flexibility index (Phi) is 8.13. The van der Waals surface area contributed by atoms with E-state index in [9.17, 15) is 16.8 Å². The zero-order chi connectivity index (χ0) is 25.4. The molecule has 2 aromatic carbocycles. The van der Waals surface area contributed by atoms with Crippen LogP contribution in [0.25, 0.3) is 11.3 Å². The van der Waals surface area contributed by atoms with Crippen LogP contribution in [0.3, 0.4) is 0 Å². The highest BCUT2D eigenvalue weighted by Gasteiger charge is 2.26. The fraction of sp³-hybridized carbons (Fsp3) is 0.304. The summed E-state index contributed by atoms with van der Waals surface area (Å²) in [5, 5.41) is 8.45. The van der Waals surface area contributed by atoms with E-state index in [1.807, 2.05) is 31.2 Å².